The largest absolute Gasteiger partial charge is 0.273 e. The second-order valence-electron chi connectivity index (χ2n) is 5.05. The number of nitro benzene ring substituents is 1. The van der Waals surface area contributed by atoms with Gasteiger partial charge in [0.05, 0.1) is 17.1 Å². The molecule has 1 amide bonds. The molecule has 0 saturated carbocycles. The standard InChI is InChI=1S/C17H16ClN3O3/c1-2-16(13-5-7-14(18)8-6-13)19-20-17(22)11-12-3-9-15(10-4-12)21(23)24/h3-10H,2,11H2,1H3,(H,20,22)/b19-16+. The number of hydrogen-bond acceptors (Lipinski definition) is 4. The maximum absolute atomic E-state index is 12.0. The van der Waals surface area contributed by atoms with Crippen LogP contribution in [0.5, 0.6) is 0 Å². The summed E-state index contributed by atoms with van der Waals surface area (Å²) in [6.45, 7) is 1.94. The zero-order chi connectivity index (χ0) is 17.5. The number of benzene rings is 2. The summed E-state index contributed by atoms with van der Waals surface area (Å²) in [4.78, 5) is 22.1. The number of amides is 1. The van der Waals surface area contributed by atoms with Crippen molar-refractivity contribution in [3.63, 3.8) is 0 Å². The third-order valence-electron chi connectivity index (χ3n) is 3.34. The lowest BCUT2D eigenvalue weighted by Crippen LogP contribution is -2.21. The Balaban J connectivity index is 2.00. The zero-order valence-electron chi connectivity index (χ0n) is 13.0. The number of nitro groups is 1. The fourth-order valence-corrected chi connectivity index (χ4v) is 2.21. The van der Waals surface area contributed by atoms with Gasteiger partial charge in [-0.2, -0.15) is 5.10 Å². The molecule has 0 heterocycles. The van der Waals surface area contributed by atoms with Crippen LogP contribution < -0.4 is 5.43 Å². The lowest BCUT2D eigenvalue weighted by Gasteiger charge is -2.06. The average Bonchev–Trinajstić information content (AvgIpc) is 2.57. The maximum atomic E-state index is 12.0. The minimum Gasteiger partial charge on any atom is -0.273 e. The number of halogens is 1. The highest BCUT2D eigenvalue weighted by atomic mass is 35.5. The van der Waals surface area contributed by atoms with Crippen LogP contribution in [0.25, 0.3) is 0 Å². The van der Waals surface area contributed by atoms with E-state index in [0.717, 1.165) is 11.3 Å². The average molecular weight is 346 g/mol. The number of nitrogens with zero attached hydrogens (tertiary/aromatic N) is 2. The minimum atomic E-state index is -0.478. The molecular weight excluding hydrogens is 330 g/mol. The molecule has 1 N–H and O–H groups in total. The summed E-state index contributed by atoms with van der Waals surface area (Å²) in [5, 5.41) is 15.4. The van der Waals surface area contributed by atoms with Gasteiger partial charge in [-0.15, -0.1) is 0 Å². The predicted molar refractivity (Wildman–Crippen MR) is 93.2 cm³/mol. The number of hydrogen-bond donors (Lipinski definition) is 1. The summed E-state index contributed by atoms with van der Waals surface area (Å²) in [7, 11) is 0. The Bertz CT molecular complexity index is 756. The first-order valence-corrected chi connectivity index (χ1v) is 7.72. The Morgan fingerprint density at radius 3 is 2.33 bits per heavy atom. The molecule has 0 unspecified atom stereocenters. The summed E-state index contributed by atoms with van der Waals surface area (Å²) in [6, 6.07) is 13.1. The first-order valence-electron chi connectivity index (χ1n) is 7.34. The summed E-state index contributed by atoms with van der Waals surface area (Å²) in [5.41, 5.74) is 4.81. The molecular formula is C17H16ClN3O3. The highest BCUT2D eigenvalue weighted by Crippen LogP contribution is 2.13. The number of non-ortho nitro benzene ring substituents is 1. The van der Waals surface area contributed by atoms with Crippen LogP contribution in [0.1, 0.15) is 24.5 Å². The summed E-state index contributed by atoms with van der Waals surface area (Å²) in [6.07, 6.45) is 0.749. The van der Waals surface area contributed by atoms with Crippen molar-refractivity contribution in [2.75, 3.05) is 0 Å². The molecule has 124 valence electrons. The molecule has 6 nitrogen and oxygen atoms in total. The van der Waals surface area contributed by atoms with Crippen LogP contribution in [-0.2, 0) is 11.2 Å². The number of rotatable bonds is 6. The van der Waals surface area contributed by atoms with Crippen LogP contribution in [0, 0.1) is 10.1 Å². The van der Waals surface area contributed by atoms with Crippen LogP contribution in [0.15, 0.2) is 53.6 Å². The molecule has 7 heteroatoms. The lowest BCUT2D eigenvalue weighted by atomic mass is 10.1. The van der Waals surface area contributed by atoms with E-state index in [1.165, 1.54) is 12.1 Å². The molecule has 0 saturated heterocycles. The van der Waals surface area contributed by atoms with Crippen molar-refractivity contribution in [3.8, 4) is 0 Å². The van der Waals surface area contributed by atoms with Crippen LogP contribution in [0.3, 0.4) is 0 Å². The van der Waals surface area contributed by atoms with E-state index in [0.29, 0.717) is 17.0 Å². The van der Waals surface area contributed by atoms with E-state index < -0.39 is 4.92 Å². The number of nitrogens with one attached hydrogen (secondary N) is 1. The van der Waals surface area contributed by atoms with Crippen LogP contribution in [-0.4, -0.2) is 16.5 Å². The van der Waals surface area contributed by atoms with Crippen molar-refractivity contribution >= 4 is 28.9 Å². The summed E-state index contributed by atoms with van der Waals surface area (Å²) < 4.78 is 0. The van der Waals surface area contributed by atoms with Gasteiger partial charge in [0.2, 0.25) is 5.91 Å². The van der Waals surface area contributed by atoms with Crippen molar-refractivity contribution < 1.29 is 9.72 Å². The third kappa shape index (κ3) is 4.89. The fourth-order valence-electron chi connectivity index (χ4n) is 2.08. The second-order valence-corrected chi connectivity index (χ2v) is 5.49. The molecule has 0 aliphatic carbocycles. The lowest BCUT2D eigenvalue weighted by molar-refractivity contribution is -0.384. The van der Waals surface area contributed by atoms with E-state index in [1.807, 2.05) is 19.1 Å². The summed E-state index contributed by atoms with van der Waals surface area (Å²) in [5.74, 6) is -0.288. The Hall–Kier alpha value is -2.73. The number of hydrazone groups is 1. The van der Waals surface area contributed by atoms with Gasteiger partial charge >= 0.3 is 0 Å². The van der Waals surface area contributed by atoms with Gasteiger partial charge in [0.1, 0.15) is 0 Å². The highest BCUT2D eigenvalue weighted by Gasteiger charge is 2.08. The Morgan fingerprint density at radius 1 is 1.17 bits per heavy atom. The van der Waals surface area contributed by atoms with E-state index in [4.69, 9.17) is 11.6 Å². The Labute approximate surface area is 144 Å². The monoisotopic (exact) mass is 345 g/mol. The van der Waals surface area contributed by atoms with Crippen LogP contribution in [0.2, 0.25) is 5.02 Å². The van der Waals surface area contributed by atoms with Crippen molar-refractivity contribution in [2.45, 2.75) is 19.8 Å². The van der Waals surface area contributed by atoms with E-state index >= 15 is 0 Å². The van der Waals surface area contributed by atoms with Gasteiger partial charge in [-0.1, -0.05) is 42.8 Å². The number of carbonyl (C=O) groups is 1. The molecule has 2 rings (SSSR count). The van der Waals surface area contributed by atoms with Gasteiger partial charge in [0.25, 0.3) is 5.69 Å². The van der Waals surface area contributed by atoms with Gasteiger partial charge in [-0.25, -0.2) is 5.43 Å². The topological polar surface area (TPSA) is 84.6 Å². The molecule has 0 radical (unpaired) electrons. The second kappa shape index (κ2) is 8.21. The molecule has 2 aromatic carbocycles. The summed E-state index contributed by atoms with van der Waals surface area (Å²) >= 11 is 5.86. The molecule has 0 fully saturated rings. The van der Waals surface area contributed by atoms with Crippen molar-refractivity contribution in [1.29, 1.82) is 0 Å². The van der Waals surface area contributed by atoms with Gasteiger partial charge < -0.3 is 0 Å². The van der Waals surface area contributed by atoms with E-state index in [9.17, 15) is 14.9 Å². The van der Waals surface area contributed by atoms with Gasteiger partial charge in [0.15, 0.2) is 0 Å². The van der Waals surface area contributed by atoms with Gasteiger partial charge in [0, 0.05) is 17.2 Å². The molecule has 0 bridgehead atoms. The highest BCUT2D eigenvalue weighted by molar-refractivity contribution is 6.30. The van der Waals surface area contributed by atoms with Crippen molar-refractivity contribution in [3.05, 3.63) is 74.8 Å². The van der Waals surface area contributed by atoms with Gasteiger partial charge in [-0.3, -0.25) is 14.9 Å². The minimum absolute atomic E-state index is 0.00631. The zero-order valence-corrected chi connectivity index (χ0v) is 13.8. The first kappa shape index (κ1) is 17.6. The molecule has 0 aliphatic heterocycles. The molecule has 0 aromatic heterocycles. The predicted octanol–water partition coefficient (Wildman–Crippen LogP) is 3.72. The molecule has 0 atom stereocenters. The normalized spacial score (nSPS) is 11.2. The molecule has 0 spiro atoms. The smallest absolute Gasteiger partial charge is 0.269 e. The maximum Gasteiger partial charge on any atom is 0.269 e. The Kier molecular flexibility index (Phi) is 6.03. The molecule has 2 aromatic rings. The first-order chi connectivity index (χ1) is 11.5. The quantitative estimate of drug-likeness (QED) is 0.492. The number of carbonyl (C=O) groups excluding carboxylic acids is 1. The van der Waals surface area contributed by atoms with Gasteiger partial charge in [-0.05, 0) is 29.7 Å². The van der Waals surface area contributed by atoms with Crippen molar-refractivity contribution in [1.82, 2.24) is 5.43 Å². The molecule has 24 heavy (non-hydrogen) atoms. The van der Waals surface area contributed by atoms with E-state index in [2.05, 4.69) is 10.5 Å². The van der Waals surface area contributed by atoms with E-state index in [-0.39, 0.29) is 18.0 Å². The fraction of sp³-hybridized carbons (Fsp3) is 0.176. The third-order valence-corrected chi connectivity index (χ3v) is 3.59. The SMILES string of the molecule is CC/C(=N\NC(=O)Cc1ccc([N+](=O)[O-])cc1)c1ccc(Cl)cc1. The van der Waals surface area contributed by atoms with E-state index in [1.54, 1.807) is 24.3 Å². The molecule has 0 aliphatic rings. The van der Waals surface area contributed by atoms with Crippen LogP contribution in [0.4, 0.5) is 5.69 Å². The Morgan fingerprint density at radius 2 is 1.79 bits per heavy atom. The van der Waals surface area contributed by atoms with Crippen molar-refractivity contribution in [2.24, 2.45) is 5.10 Å². The van der Waals surface area contributed by atoms with Crippen LogP contribution >= 0.6 is 11.6 Å².